The number of hydrogen-bond donors (Lipinski definition) is 1. The van der Waals surface area contributed by atoms with Crippen LogP contribution in [0.25, 0.3) is 0 Å². The van der Waals surface area contributed by atoms with Crippen LogP contribution in [-0.2, 0) is 16.5 Å². The second-order valence-electron chi connectivity index (χ2n) is 4.17. The van der Waals surface area contributed by atoms with E-state index >= 15 is 0 Å². The summed E-state index contributed by atoms with van der Waals surface area (Å²) in [5, 5.41) is 3.78. The Morgan fingerprint density at radius 3 is 1.36 bits per heavy atom. The third-order valence-corrected chi connectivity index (χ3v) is 3.18. The molecule has 0 saturated heterocycles. The van der Waals surface area contributed by atoms with E-state index in [1.807, 2.05) is 0 Å². The van der Waals surface area contributed by atoms with Gasteiger partial charge in [-0.05, 0) is 25.7 Å². The fourth-order valence-electron chi connectivity index (χ4n) is 2.52. The molecule has 0 aromatic carbocycles. The maximum absolute atomic E-state index is 4.88. The zero-order valence-electron chi connectivity index (χ0n) is 8.38. The third kappa shape index (κ3) is 5.35. The zero-order chi connectivity index (χ0) is 10.2. The topological polar surface area (TPSA) is 12.0 Å². The summed E-state index contributed by atoms with van der Waals surface area (Å²) >= 11 is -0.472. The standard InChI is InChI=1S/C10H19N.2ClH.Pt/c1-2-6-9(5-1)11-10-7-3-4-8-10;;;/h9-11H,1-8H2;2*1H;/q;;;+2/p-2. The van der Waals surface area contributed by atoms with Crippen molar-refractivity contribution >= 4 is 18.8 Å². The van der Waals surface area contributed by atoms with E-state index in [1.165, 1.54) is 51.4 Å². The van der Waals surface area contributed by atoms with Gasteiger partial charge in [0, 0.05) is 12.1 Å². The maximum atomic E-state index is 4.88. The molecule has 2 aliphatic rings. The summed E-state index contributed by atoms with van der Waals surface area (Å²) in [5.74, 6) is 0. The first-order chi connectivity index (χ1) is 6.86. The van der Waals surface area contributed by atoms with E-state index in [0.29, 0.717) is 0 Å². The molecule has 0 heterocycles. The summed E-state index contributed by atoms with van der Waals surface area (Å²) in [6.45, 7) is 0. The van der Waals surface area contributed by atoms with Gasteiger partial charge in [0.15, 0.2) is 0 Å². The molecule has 1 N–H and O–H groups in total. The normalized spacial score (nSPS) is 23.9. The Kier molecular flexibility index (Phi) is 7.97. The summed E-state index contributed by atoms with van der Waals surface area (Å²) < 4.78 is 0. The van der Waals surface area contributed by atoms with E-state index in [-0.39, 0.29) is 0 Å². The molecule has 0 amide bonds. The second kappa shape index (κ2) is 8.39. The van der Waals surface area contributed by atoms with Crippen LogP contribution in [0.1, 0.15) is 51.4 Å². The third-order valence-electron chi connectivity index (χ3n) is 3.18. The van der Waals surface area contributed by atoms with Crippen molar-refractivity contribution in [2.45, 2.75) is 63.5 Å². The molecule has 1 nitrogen and oxygen atoms in total. The second-order valence-corrected chi connectivity index (χ2v) is 7.46. The molecule has 2 aliphatic carbocycles. The van der Waals surface area contributed by atoms with E-state index in [2.05, 4.69) is 5.32 Å². The molecule has 88 valence electrons. The monoisotopic (exact) mass is 418 g/mol. The van der Waals surface area contributed by atoms with E-state index in [0.717, 1.165) is 12.1 Å². The first kappa shape index (κ1) is 13.3. The van der Waals surface area contributed by atoms with E-state index in [9.17, 15) is 0 Å². The van der Waals surface area contributed by atoms with Crippen molar-refractivity contribution in [3.05, 3.63) is 0 Å². The van der Waals surface area contributed by atoms with Crippen LogP contribution in [0.2, 0.25) is 0 Å². The number of halogens is 2. The van der Waals surface area contributed by atoms with Gasteiger partial charge in [-0.2, -0.15) is 0 Å². The Morgan fingerprint density at radius 1 is 0.786 bits per heavy atom. The van der Waals surface area contributed by atoms with Gasteiger partial charge < -0.3 is 5.32 Å². The van der Waals surface area contributed by atoms with Gasteiger partial charge >= 0.3 is 35.3 Å². The van der Waals surface area contributed by atoms with Gasteiger partial charge in [0.25, 0.3) is 0 Å². The molecular weight excluding hydrogens is 400 g/mol. The quantitative estimate of drug-likeness (QED) is 0.718. The van der Waals surface area contributed by atoms with Crippen molar-refractivity contribution < 1.29 is 16.5 Å². The van der Waals surface area contributed by atoms with Crippen molar-refractivity contribution in [2.24, 2.45) is 0 Å². The van der Waals surface area contributed by atoms with Crippen molar-refractivity contribution in [3.63, 3.8) is 0 Å². The number of nitrogens with one attached hydrogen (secondary N) is 1. The van der Waals surface area contributed by atoms with Crippen LogP contribution in [0, 0.1) is 0 Å². The Hall–Kier alpha value is 1.23. The summed E-state index contributed by atoms with van der Waals surface area (Å²) in [6, 6.07) is 1.77. The first-order valence-corrected chi connectivity index (χ1v) is 11.1. The number of hydrogen-bond acceptors (Lipinski definition) is 1. The predicted octanol–water partition coefficient (Wildman–Crippen LogP) is 3.84. The fourth-order valence-corrected chi connectivity index (χ4v) is 2.52. The average molecular weight is 419 g/mol. The van der Waals surface area contributed by atoms with Crippen LogP contribution in [-0.4, -0.2) is 12.1 Å². The summed E-state index contributed by atoms with van der Waals surface area (Å²) in [5.41, 5.74) is 0. The van der Waals surface area contributed by atoms with Gasteiger partial charge in [0.05, 0.1) is 0 Å². The molecule has 0 aromatic rings. The summed E-state index contributed by atoms with van der Waals surface area (Å²) in [7, 11) is 9.75. The van der Waals surface area contributed by atoms with Crippen LogP contribution in [0.4, 0.5) is 0 Å². The molecule has 0 unspecified atom stereocenters. The van der Waals surface area contributed by atoms with E-state index in [1.54, 1.807) is 0 Å². The zero-order valence-corrected chi connectivity index (χ0v) is 12.2. The van der Waals surface area contributed by atoms with E-state index < -0.39 is 16.5 Å². The van der Waals surface area contributed by atoms with Crippen LogP contribution in [0.15, 0.2) is 0 Å². The Labute approximate surface area is 104 Å². The van der Waals surface area contributed by atoms with Crippen molar-refractivity contribution in [1.29, 1.82) is 0 Å². The van der Waals surface area contributed by atoms with Gasteiger partial charge in [0.1, 0.15) is 0 Å². The number of rotatable bonds is 2. The van der Waals surface area contributed by atoms with Crippen LogP contribution < -0.4 is 5.32 Å². The van der Waals surface area contributed by atoms with Crippen molar-refractivity contribution in [1.82, 2.24) is 5.32 Å². The molecule has 2 rings (SSSR count). The average Bonchev–Trinajstić information content (AvgIpc) is 2.79. The van der Waals surface area contributed by atoms with Gasteiger partial charge in [0.2, 0.25) is 0 Å². The molecule has 2 fully saturated rings. The molecule has 0 atom stereocenters. The first-order valence-electron chi connectivity index (χ1n) is 5.45. The minimum atomic E-state index is -0.472. The van der Waals surface area contributed by atoms with Gasteiger partial charge in [-0.1, -0.05) is 25.7 Å². The van der Waals surface area contributed by atoms with Crippen LogP contribution in [0.3, 0.4) is 0 Å². The molecule has 14 heavy (non-hydrogen) atoms. The molecule has 0 radical (unpaired) electrons. The molecule has 2 saturated carbocycles. The molecule has 0 aromatic heterocycles. The predicted molar refractivity (Wildman–Crippen MR) is 59.4 cm³/mol. The molecule has 0 aliphatic heterocycles. The Morgan fingerprint density at radius 2 is 1.07 bits per heavy atom. The van der Waals surface area contributed by atoms with Gasteiger partial charge in [-0.15, -0.1) is 0 Å². The molecule has 4 heteroatoms. The fraction of sp³-hybridized carbons (Fsp3) is 1.00. The van der Waals surface area contributed by atoms with Crippen molar-refractivity contribution in [3.8, 4) is 0 Å². The molecular formula is C10H19Cl2NPt. The summed E-state index contributed by atoms with van der Waals surface area (Å²) in [4.78, 5) is 0. The molecule has 0 bridgehead atoms. The van der Waals surface area contributed by atoms with E-state index in [4.69, 9.17) is 18.8 Å². The molecule has 0 spiro atoms. The Balaban J connectivity index is 0.000000293. The summed E-state index contributed by atoms with van der Waals surface area (Å²) in [6.07, 6.45) is 11.6. The Bertz CT molecular complexity index is 120. The van der Waals surface area contributed by atoms with Crippen molar-refractivity contribution in [2.75, 3.05) is 0 Å². The minimum absolute atomic E-state index is 0.472. The van der Waals surface area contributed by atoms with Gasteiger partial charge in [-0.25, -0.2) is 0 Å². The van der Waals surface area contributed by atoms with Gasteiger partial charge in [-0.3, -0.25) is 0 Å². The SMILES string of the molecule is C1CCC(NC2CCCC2)C1.[Cl][Pt][Cl]. The van der Waals surface area contributed by atoms with Crippen LogP contribution >= 0.6 is 18.8 Å². The van der Waals surface area contributed by atoms with Crippen LogP contribution in [0.5, 0.6) is 0 Å².